The second kappa shape index (κ2) is 7.48. The Hall–Kier alpha value is -0.840. The van der Waals surface area contributed by atoms with Crippen LogP contribution in [0, 0.1) is 11.6 Å². The lowest BCUT2D eigenvalue weighted by Crippen LogP contribution is -1.90. The maximum absolute atomic E-state index is 12.2. The third kappa shape index (κ3) is 5.86. The molecule has 90 valence electrons. The monoisotopic (exact) mass is 270 g/mol. The van der Waals surface area contributed by atoms with Crippen LogP contribution in [-0.2, 0) is 0 Å². The van der Waals surface area contributed by atoms with E-state index >= 15 is 0 Å². The Labute approximate surface area is 104 Å². The van der Waals surface area contributed by atoms with Crippen LogP contribution >= 0.6 is 17.8 Å². The molecule has 17 heavy (non-hydrogen) atoms. The minimum atomic E-state index is -0.183. The van der Waals surface area contributed by atoms with Crippen molar-refractivity contribution in [2.75, 3.05) is 6.66 Å². The average Bonchev–Trinajstić information content (AvgIpc) is 2.30. The first-order valence-electron chi connectivity index (χ1n) is 5.06. The molecule has 2 aromatic carbocycles. The predicted octanol–water partition coefficient (Wildman–Crippen LogP) is 3.09. The average molecular weight is 270 g/mol. The van der Waals surface area contributed by atoms with Gasteiger partial charge < -0.3 is 0 Å². The molecule has 2 rings (SSSR count). The van der Waals surface area contributed by atoms with Gasteiger partial charge in [0.05, 0.1) is 0 Å². The third-order valence-corrected chi connectivity index (χ3v) is 3.25. The normalized spacial score (nSPS) is 10.1. The van der Waals surface area contributed by atoms with E-state index in [4.69, 9.17) is 0 Å². The van der Waals surface area contributed by atoms with Crippen LogP contribution < -0.4 is 10.6 Å². The molecule has 0 N–H and O–H groups in total. The van der Waals surface area contributed by atoms with Crippen molar-refractivity contribution in [1.82, 2.24) is 0 Å². The van der Waals surface area contributed by atoms with Crippen molar-refractivity contribution in [2.24, 2.45) is 0 Å². The summed E-state index contributed by atoms with van der Waals surface area (Å²) in [7, 11) is 3.18. The highest BCUT2D eigenvalue weighted by Crippen LogP contribution is 2.03. The molecule has 2 unspecified atom stereocenters. The Morgan fingerprint density at radius 1 is 0.941 bits per heavy atom. The summed E-state index contributed by atoms with van der Waals surface area (Å²) in [5, 5.41) is 2.08. The molecule has 0 aliphatic carbocycles. The van der Waals surface area contributed by atoms with Gasteiger partial charge in [0.1, 0.15) is 11.6 Å². The Morgan fingerprint density at radius 3 is 2.00 bits per heavy atom. The van der Waals surface area contributed by atoms with Crippen LogP contribution in [0.5, 0.6) is 0 Å². The second-order valence-corrected chi connectivity index (χ2v) is 5.06. The van der Waals surface area contributed by atoms with Gasteiger partial charge in [0.15, 0.2) is 0 Å². The lowest BCUT2D eigenvalue weighted by molar-refractivity contribution is 0.628. The maximum Gasteiger partial charge on any atom is 0.123 e. The summed E-state index contributed by atoms with van der Waals surface area (Å²) < 4.78 is 24.4. The highest BCUT2D eigenvalue weighted by Gasteiger charge is 1.87. The predicted molar refractivity (Wildman–Crippen MR) is 76.0 cm³/mol. The molecule has 2 aromatic rings. The molecule has 0 aromatic heterocycles. The van der Waals surface area contributed by atoms with E-state index in [-0.39, 0.29) is 11.6 Å². The van der Waals surface area contributed by atoms with Crippen molar-refractivity contribution in [3.05, 3.63) is 60.2 Å². The van der Waals surface area contributed by atoms with Gasteiger partial charge in [-0.3, -0.25) is 0 Å². The molecular formula is C13H14F2P2. The first-order chi connectivity index (χ1) is 8.11. The van der Waals surface area contributed by atoms with Crippen LogP contribution in [0.4, 0.5) is 8.78 Å². The molecule has 0 saturated carbocycles. The molecule has 0 nitrogen and oxygen atoms in total. The van der Waals surface area contributed by atoms with Crippen LogP contribution in [0.1, 0.15) is 0 Å². The Morgan fingerprint density at radius 2 is 1.59 bits per heavy atom. The van der Waals surface area contributed by atoms with Gasteiger partial charge in [0.25, 0.3) is 0 Å². The molecule has 0 aliphatic heterocycles. The van der Waals surface area contributed by atoms with Crippen molar-refractivity contribution >= 4 is 28.4 Å². The van der Waals surface area contributed by atoms with Gasteiger partial charge >= 0.3 is 0 Å². The van der Waals surface area contributed by atoms with Gasteiger partial charge in [-0.2, -0.15) is 0 Å². The van der Waals surface area contributed by atoms with Gasteiger partial charge in [-0.25, -0.2) is 8.78 Å². The fraction of sp³-hybridized carbons (Fsp3) is 0.0769. The smallest absolute Gasteiger partial charge is 0.123 e. The zero-order chi connectivity index (χ0) is 12.7. The molecule has 2 atom stereocenters. The molecule has 0 spiro atoms. The summed E-state index contributed by atoms with van der Waals surface area (Å²) in [5.41, 5.74) is 0. The van der Waals surface area contributed by atoms with Crippen LogP contribution in [0.25, 0.3) is 0 Å². The van der Waals surface area contributed by atoms with E-state index in [0.717, 1.165) is 13.9 Å². The number of benzene rings is 2. The molecule has 0 saturated heterocycles. The summed E-state index contributed by atoms with van der Waals surface area (Å²) in [5.74, 6) is -0.338. The summed E-state index contributed by atoms with van der Waals surface area (Å²) >= 11 is 0. The third-order valence-electron chi connectivity index (χ3n) is 1.98. The number of halogens is 2. The number of hydrogen-bond acceptors (Lipinski definition) is 0. The first kappa shape index (κ1) is 14.2. The quantitative estimate of drug-likeness (QED) is 0.699. The molecule has 0 heterocycles. The molecule has 4 heteroatoms. The van der Waals surface area contributed by atoms with Crippen molar-refractivity contribution < 1.29 is 8.78 Å². The molecule has 0 amide bonds. The summed E-state index contributed by atoms with van der Waals surface area (Å²) in [6.07, 6.45) is 0. The summed E-state index contributed by atoms with van der Waals surface area (Å²) in [6.45, 7) is 2.08. The molecule has 0 aliphatic rings. The highest BCUT2D eigenvalue weighted by molar-refractivity contribution is 7.46. The van der Waals surface area contributed by atoms with Crippen molar-refractivity contribution in [1.29, 1.82) is 0 Å². The minimum absolute atomic E-state index is 0.156. The van der Waals surface area contributed by atoms with Gasteiger partial charge in [-0.15, -0.1) is 9.24 Å². The SMILES string of the molecule is CPc1ccc(F)cc1.Fc1cccc(P)c1. The number of hydrogen-bond donors (Lipinski definition) is 0. The Bertz CT molecular complexity index is 438. The highest BCUT2D eigenvalue weighted by atomic mass is 31.1. The second-order valence-electron chi connectivity index (χ2n) is 3.31. The van der Waals surface area contributed by atoms with Gasteiger partial charge in [-0.1, -0.05) is 32.8 Å². The summed E-state index contributed by atoms with van der Waals surface area (Å²) in [6, 6.07) is 13.0. The lowest BCUT2D eigenvalue weighted by Gasteiger charge is -1.92. The van der Waals surface area contributed by atoms with Crippen molar-refractivity contribution in [2.45, 2.75) is 0 Å². The van der Waals surface area contributed by atoms with Crippen molar-refractivity contribution in [3.63, 3.8) is 0 Å². The van der Waals surface area contributed by atoms with E-state index in [0.29, 0.717) is 0 Å². The molecule has 0 radical (unpaired) electrons. The zero-order valence-electron chi connectivity index (χ0n) is 9.45. The standard InChI is InChI=1S/C7H8FP.C6H6FP/c1-9-7-4-2-6(8)3-5-7;7-5-2-1-3-6(8)4-5/h2-5,9H,1H3;1-4H,8H2. The Balaban J connectivity index is 0.000000171. The fourth-order valence-corrected chi connectivity index (χ4v) is 1.89. The van der Waals surface area contributed by atoms with Gasteiger partial charge in [0.2, 0.25) is 0 Å². The van der Waals surface area contributed by atoms with Gasteiger partial charge in [0, 0.05) is 0 Å². The number of rotatable bonds is 1. The summed E-state index contributed by atoms with van der Waals surface area (Å²) in [4.78, 5) is 0. The van der Waals surface area contributed by atoms with E-state index in [2.05, 4.69) is 15.9 Å². The van der Waals surface area contributed by atoms with Crippen LogP contribution in [0.15, 0.2) is 48.5 Å². The molecule has 0 bridgehead atoms. The molecule has 0 fully saturated rings. The lowest BCUT2D eigenvalue weighted by atomic mass is 10.4. The fourth-order valence-electron chi connectivity index (χ4n) is 1.12. The van der Waals surface area contributed by atoms with Gasteiger partial charge in [-0.05, 0) is 41.5 Å². The van der Waals surface area contributed by atoms with E-state index in [1.165, 1.54) is 29.6 Å². The van der Waals surface area contributed by atoms with Crippen molar-refractivity contribution in [3.8, 4) is 0 Å². The van der Waals surface area contributed by atoms with Crippen LogP contribution in [0.2, 0.25) is 0 Å². The largest absolute Gasteiger partial charge is 0.207 e. The van der Waals surface area contributed by atoms with Crippen LogP contribution in [-0.4, -0.2) is 6.66 Å². The van der Waals surface area contributed by atoms with E-state index in [1.54, 1.807) is 6.07 Å². The zero-order valence-corrected chi connectivity index (χ0v) is 11.6. The van der Waals surface area contributed by atoms with E-state index < -0.39 is 0 Å². The first-order valence-corrected chi connectivity index (χ1v) is 7.14. The minimum Gasteiger partial charge on any atom is -0.207 e. The Kier molecular flexibility index (Phi) is 6.26. The van der Waals surface area contributed by atoms with Crippen LogP contribution in [0.3, 0.4) is 0 Å². The van der Waals surface area contributed by atoms with E-state index in [1.807, 2.05) is 18.2 Å². The molecular weight excluding hydrogens is 256 g/mol. The topological polar surface area (TPSA) is 0 Å². The van der Waals surface area contributed by atoms with E-state index in [9.17, 15) is 8.78 Å². The maximum atomic E-state index is 12.2.